The third-order valence-corrected chi connectivity index (χ3v) is 3.11. The molecule has 1 heterocycles. The molecule has 1 N–H and O–H groups in total. The van der Waals surface area contributed by atoms with Crippen LogP contribution in [0, 0.1) is 5.82 Å². The van der Waals surface area contributed by atoms with Crippen molar-refractivity contribution in [1.29, 1.82) is 0 Å². The van der Waals surface area contributed by atoms with Gasteiger partial charge in [0.25, 0.3) is 0 Å². The highest BCUT2D eigenvalue weighted by molar-refractivity contribution is 6.34. The summed E-state index contributed by atoms with van der Waals surface area (Å²) in [5.74, 6) is -0.327. The van der Waals surface area contributed by atoms with Crippen LogP contribution in [0.2, 0.25) is 5.02 Å². The number of hydrogen-bond acceptors (Lipinski definition) is 2. The van der Waals surface area contributed by atoms with Crippen LogP contribution in [0.25, 0.3) is 11.0 Å². The van der Waals surface area contributed by atoms with E-state index in [0.29, 0.717) is 23.2 Å². The van der Waals surface area contributed by atoms with Crippen molar-refractivity contribution in [3.05, 3.63) is 34.8 Å². The van der Waals surface area contributed by atoms with E-state index in [1.54, 1.807) is 6.26 Å². The van der Waals surface area contributed by atoms with E-state index in [-0.39, 0.29) is 5.82 Å². The van der Waals surface area contributed by atoms with Crippen LogP contribution in [-0.2, 0) is 6.54 Å². The Balaban J connectivity index is 1.97. The van der Waals surface area contributed by atoms with Gasteiger partial charge in [0.15, 0.2) is 5.58 Å². The second kappa shape index (κ2) is 3.75. The summed E-state index contributed by atoms with van der Waals surface area (Å²) in [6.07, 6.45) is 4.10. The Bertz CT molecular complexity index is 533. The van der Waals surface area contributed by atoms with Gasteiger partial charge in [-0.2, -0.15) is 0 Å². The van der Waals surface area contributed by atoms with Crippen molar-refractivity contribution in [2.75, 3.05) is 0 Å². The topological polar surface area (TPSA) is 25.2 Å². The molecular weight excluding hydrogens is 229 g/mol. The molecule has 0 unspecified atom stereocenters. The molecule has 0 saturated heterocycles. The minimum absolute atomic E-state index is 0.327. The summed E-state index contributed by atoms with van der Waals surface area (Å²) in [5.41, 5.74) is 1.53. The highest BCUT2D eigenvalue weighted by Gasteiger charge is 2.21. The zero-order valence-electron chi connectivity index (χ0n) is 8.59. The zero-order valence-corrected chi connectivity index (χ0v) is 9.35. The lowest BCUT2D eigenvalue weighted by atomic mass is 10.1. The van der Waals surface area contributed by atoms with Crippen molar-refractivity contribution in [3.63, 3.8) is 0 Å². The summed E-state index contributed by atoms with van der Waals surface area (Å²) in [5, 5.41) is 4.45. The minimum atomic E-state index is -0.327. The lowest BCUT2D eigenvalue weighted by molar-refractivity contribution is 0.599. The molecule has 0 spiro atoms. The fourth-order valence-electron chi connectivity index (χ4n) is 1.79. The minimum Gasteiger partial charge on any atom is -0.462 e. The van der Waals surface area contributed by atoms with E-state index in [9.17, 15) is 4.39 Å². The number of furan rings is 1. The second-order valence-corrected chi connectivity index (χ2v) is 4.59. The van der Waals surface area contributed by atoms with E-state index in [0.717, 1.165) is 10.9 Å². The van der Waals surface area contributed by atoms with E-state index in [1.165, 1.54) is 25.0 Å². The molecule has 1 aliphatic carbocycles. The molecule has 0 atom stereocenters. The van der Waals surface area contributed by atoms with Gasteiger partial charge < -0.3 is 9.73 Å². The van der Waals surface area contributed by atoms with Gasteiger partial charge in [0, 0.05) is 23.5 Å². The molecule has 0 amide bonds. The number of nitrogens with one attached hydrogen (secondary N) is 1. The largest absolute Gasteiger partial charge is 0.462 e. The Morgan fingerprint density at radius 2 is 2.25 bits per heavy atom. The van der Waals surface area contributed by atoms with Crippen molar-refractivity contribution in [3.8, 4) is 0 Å². The first-order valence-electron chi connectivity index (χ1n) is 5.32. The maximum atomic E-state index is 13.2. The summed E-state index contributed by atoms with van der Waals surface area (Å²) < 4.78 is 18.6. The Morgan fingerprint density at radius 1 is 1.44 bits per heavy atom. The fraction of sp³-hybridized carbons (Fsp3) is 0.333. The van der Waals surface area contributed by atoms with Gasteiger partial charge in [-0.25, -0.2) is 4.39 Å². The monoisotopic (exact) mass is 239 g/mol. The average molecular weight is 240 g/mol. The van der Waals surface area contributed by atoms with Gasteiger partial charge in [-0.05, 0) is 25.0 Å². The molecule has 16 heavy (non-hydrogen) atoms. The molecule has 0 aliphatic heterocycles. The number of fused-ring (bicyclic) bond motifs is 1. The van der Waals surface area contributed by atoms with E-state index < -0.39 is 0 Å². The Kier molecular flexibility index (Phi) is 2.37. The summed E-state index contributed by atoms with van der Waals surface area (Å²) in [7, 11) is 0. The Morgan fingerprint density at radius 3 is 3.00 bits per heavy atom. The predicted octanol–water partition coefficient (Wildman–Crippen LogP) is 3.48. The van der Waals surface area contributed by atoms with Gasteiger partial charge in [0.05, 0.1) is 11.3 Å². The molecule has 1 fully saturated rings. The van der Waals surface area contributed by atoms with Gasteiger partial charge in [-0.1, -0.05) is 11.6 Å². The van der Waals surface area contributed by atoms with Crippen LogP contribution in [0.5, 0.6) is 0 Å². The van der Waals surface area contributed by atoms with Crippen molar-refractivity contribution in [2.24, 2.45) is 0 Å². The van der Waals surface area contributed by atoms with E-state index in [1.807, 2.05) is 0 Å². The number of rotatable bonds is 3. The van der Waals surface area contributed by atoms with Crippen LogP contribution in [-0.4, -0.2) is 6.04 Å². The first kappa shape index (κ1) is 10.1. The number of benzene rings is 1. The van der Waals surface area contributed by atoms with Crippen LogP contribution in [0.1, 0.15) is 18.4 Å². The summed E-state index contributed by atoms with van der Waals surface area (Å²) >= 11 is 5.90. The molecule has 1 aromatic carbocycles. The Hall–Kier alpha value is -1.06. The van der Waals surface area contributed by atoms with E-state index >= 15 is 0 Å². The van der Waals surface area contributed by atoms with Crippen molar-refractivity contribution < 1.29 is 8.81 Å². The standard InChI is InChI=1S/C12H11ClFNO/c13-11-4-8(14)3-10-7(6-16-12(10)11)5-15-9-1-2-9/h3-4,6,9,15H,1-2,5H2. The van der Waals surface area contributed by atoms with Crippen molar-refractivity contribution in [1.82, 2.24) is 5.32 Å². The van der Waals surface area contributed by atoms with Gasteiger partial charge >= 0.3 is 0 Å². The van der Waals surface area contributed by atoms with Crippen LogP contribution in [0.15, 0.2) is 22.8 Å². The van der Waals surface area contributed by atoms with Gasteiger partial charge in [0.2, 0.25) is 0 Å². The quantitative estimate of drug-likeness (QED) is 0.887. The maximum Gasteiger partial charge on any atom is 0.152 e. The molecule has 2 aromatic rings. The molecule has 4 heteroatoms. The third-order valence-electron chi connectivity index (χ3n) is 2.83. The zero-order chi connectivity index (χ0) is 11.1. The van der Waals surface area contributed by atoms with Crippen LogP contribution >= 0.6 is 11.6 Å². The average Bonchev–Trinajstić information content (AvgIpc) is 2.97. The SMILES string of the molecule is Fc1cc(Cl)c2occ(CNC3CC3)c2c1. The summed E-state index contributed by atoms with van der Waals surface area (Å²) in [4.78, 5) is 0. The summed E-state index contributed by atoms with van der Waals surface area (Å²) in [6, 6.07) is 3.36. The third kappa shape index (κ3) is 1.81. The molecule has 1 saturated carbocycles. The summed E-state index contributed by atoms with van der Waals surface area (Å²) in [6.45, 7) is 0.706. The molecule has 84 valence electrons. The molecule has 1 aromatic heterocycles. The molecule has 3 rings (SSSR count). The van der Waals surface area contributed by atoms with Crippen molar-refractivity contribution >= 4 is 22.6 Å². The number of hydrogen-bond donors (Lipinski definition) is 1. The normalized spacial score (nSPS) is 15.9. The predicted molar refractivity (Wildman–Crippen MR) is 61.0 cm³/mol. The van der Waals surface area contributed by atoms with Gasteiger partial charge in [-0.15, -0.1) is 0 Å². The lowest BCUT2D eigenvalue weighted by Crippen LogP contribution is -2.14. The second-order valence-electron chi connectivity index (χ2n) is 4.18. The lowest BCUT2D eigenvalue weighted by Gasteiger charge is -2.00. The highest BCUT2D eigenvalue weighted by atomic mass is 35.5. The first-order chi connectivity index (χ1) is 7.74. The van der Waals surface area contributed by atoms with Crippen LogP contribution in [0.4, 0.5) is 4.39 Å². The van der Waals surface area contributed by atoms with Crippen LogP contribution in [0.3, 0.4) is 0 Å². The van der Waals surface area contributed by atoms with E-state index in [2.05, 4.69) is 5.32 Å². The molecule has 1 aliphatic rings. The Labute approximate surface area is 97.4 Å². The molecule has 2 nitrogen and oxygen atoms in total. The smallest absolute Gasteiger partial charge is 0.152 e. The highest BCUT2D eigenvalue weighted by Crippen LogP contribution is 2.29. The van der Waals surface area contributed by atoms with Crippen LogP contribution < -0.4 is 5.32 Å². The first-order valence-corrected chi connectivity index (χ1v) is 5.70. The molecule has 0 radical (unpaired) electrons. The van der Waals surface area contributed by atoms with Crippen molar-refractivity contribution in [2.45, 2.75) is 25.4 Å². The molecule has 0 bridgehead atoms. The van der Waals surface area contributed by atoms with Gasteiger partial charge in [0.1, 0.15) is 5.82 Å². The fourth-order valence-corrected chi connectivity index (χ4v) is 2.04. The number of halogens is 2. The maximum absolute atomic E-state index is 13.2. The van der Waals surface area contributed by atoms with E-state index in [4.69, 9.17) is 16.0 Å². The van der Waals surface area contributed by atoms with Gasteiger partial charge in [-0.3, -0.25) is 0 Å². The molecular formula is C12H11ClFNO.